The highest BCUT2D eigenvalue weighted by molar-refractivity contribution is 5.78. The molecule has 2 heterocycles. The molecular weight excluding hydrogens is 408 g/mol. The number of carbonyl (C=O) groups excluding carboxylic acids is 1. The number of rotatable bonds is 5. The fraction of sp³-hybridized carbons (Fsp3) is 0.462. The van der Waals surface area contributed by atoms with Gasteiger partial charge < -0.3 is 19.3 Å². The Hall–Kier alpha value is -3.02. The normalized spacial score (nSPS) is 25.9. The van der Waals surface area contributed by atoms with E-state index in [2.05, 4.69) is 6.07 Å². The van der Waals surface area contributed by atoms with Crippen LogP contribution in [0.3, 0.4) is 0 Å². The Morgan fingerprint density at radius 3 is 1.94 bits per heavy atom. The van der Waals surface area contributed by atoms with Crippen molar-refractivity contribution in [3.63, 3.8) is 0 Å². The van der Waals surface area contributed by atoms with E-state index in [4.69, 9.17) is 19.3 Å². The zero-order valence-electron chi connectivity index (χ0n) is 18.2. The largest absolute Gasteiger partial charge is 0.493 e. The highest BCUT2D eigenvalue weighted by Gasteiger charge is 2.47. The van der Waals surface area contributed by atoms with E-state index in [1.807, 2.05) is 37.3 Å². The molecule has 1 N–H and O–H groups in total. The van der Waals surface area contributed by atoms with E-state index >= 15 is 0 Å². The zero-order valence-corrected chi connectivity index (χ0v) is 18.2. The minimum absolute atomic E-state index is 0.0472. The van der Waals surface area contributed by atoms with Crippen LogP contribution in [0.2, 0.25) is 0 Å². The van der Waals surface area contributed by atoms with Crippen molar-refractivity contribution in [2.24, 2.45) is 11.8 Å². The number of hydrogen-bond acceptors (Lipinski definition) is 5. The quantitative estimate of drug-likeness (QED) is 0.711. The summed E-state index contributed by atoms with van der Waals surface area (Å²) in [7, 11) is 0. The van der Waals surface area contributed by atoms with Crippen LogP contribution in [0.1, 0.15) is 53.9 Å². The lowest BCUT2D eigenvalue weighted by molar-refractivity contribution is -0.144. The first-order chi connectivity index (χ1) is 15.6. The minimum Gasteiger partial charge on any atom is -0.493 e. The van der Waals surface area contributed by atoms with E-state index in [1.54, 1.807) is 0 Å². The molecule has 2 aliphatic carbocycles. The summed E-state index contributed by atoms with van der Waals surface area (Å²) < 4.78 is 16.1. The van der Waals surface area contributed by atoms with Crippen molar-refractivity contribution < 1.29 is 28.9 Å². The lowest BCUT2D eigenvalue weighted by Gasteiger charge is -2.06. The zero-order chi connectivity index (χ0) is 22.2. The number of carboxylic acids is 1. The predicted octanol–water partition coefficient (Wildman–Crippen LogP) is 4.10. The third-order valence-electron chi connectivity index (χ3n) is 6.84. The maximum atomic E-state index is 11.6. The first-order valence-electron chi connectivity index (χ1n) is 11.5. The SMILES string of the molecule is CCOC(=O)C1C[C@@H]1c1cccc2c1CCO2.O=C(O)C1C[C@@H]1c1cccc2c1CCO2. The van der Waals surface area contributed by atoms with Gasteiger partial charge in [-0.3, -0.25) is 9.59 Å². The number of carbonyl (C=O) groups is 2. The summed E-state index contributed by atoms with van der Waals surface area (Å²) in [6.07, 6.45) is 3.60. The Kier molecular flexibility index (Phi) is 5.53. The molecule has 168 valence electrons. The Morgan fingerprint density at radius 1 is 0.906 bits per heavy atom. The van der Waals surface area contributed by atoms with Crippen molar-refractivity contribution in [3.8, 4) is 11.5 Å². The second kappa shape index (κ2) is 8.49. The Balaban J connectivity index is 0.000000136. The number of benzene rings is 2. The molecule has 6 rings (SSSR count). The number of carboxylic acid groups (broad SMARTS) is 1. The van der Waals surface area contributed by atoms with Gasteiger partial charge in [0.05, 0.1) is 31.7 Å². The Bertz CT molecular complexity index is 1040. The molecule has 4 atom stereocenters. The molecule has 6 heteroatoms. The average molecular weight is 437 g/mol. The van der Waals surface area contributed by atoms with Crippen molar-refractivity contribution in [1.82, 2.24) is 0 Å². The van der Waals surface area contributed by atoms with Crippen molar-refractivity contribution in [1.29, 1.82) is 0 Å². The molecule has 0 bridgehead atoms. The lowest BCUT2D eigenvalue weighted by atomic mass is 10.00. The van der Waals surface area contributed by atoms with Crippen LogP contribution in [0.4, 0.5) is 0 Å². The predicted molar refractivity (Wildman–Crippen MR) is 117 cm³/mol. The summed E-state index contributed by atoms with van der Waals surface area (Å²) in [4.78, 5) is 22.5. The third-order valence-corrected chi connectivity index (χ3v) is 6.84. The van der Waals surface area contributed by atoms with Gasteiger partial charge in [-0.2, -0.15) is 0 Å². The van der Waals surface area contributed by atoms with Crippen LogP contribution in [0, 0.1) is 11.8 Å². The molecule has 2 aromatic rings. The van der Waals surface area contributed by atoms with Crippen LogP contribution < -0.4 is 9.47 Å². The number of hydrogen-bond donors (Lipinski definition) is 1. The van der Waals surface area contributed by atoms with E-state index in [9.17, 15) is 9.59 Å². The summed E-state index contributed by atoms with van der Waals surface area (Å²) in [5, 5.41) is 8.90. The van der Waals surface area contributed by atoms with Crippen LogP contribution in [0.5, 0.6) is 11.5 Å². The van der Waals surface area contributed by atoms with Crippen molar-refractivity contribution in [2.75, 3.05) is 19.8 Å². The van der Waals surface area contributed by atoms with Gasteiger partial charge in [0, 0.05) is 24.0 Å². The van der Waals surface area contributed by atoms with Crippen LogP contribution in [0.15, 0.2) is 36.4 Å². The molecule has 4 aliphatic rings. The molecule has 0 radical (unpaired) electrons. The Labute approximate surface area is 187 Å². The molecule has 0 spiro atoms. The van der Waals surface area contributed by atoms with Gasteiger partial charge in [0.15, 0.2) is 0 Å². The third kappa shape index (κ3) is 3.94. The highest BCUT2D eigenvalue weighted by atomic mass is 16.5. The molecule has 2 saturated carbocycles. The number of fused-ring (bicyclic) bond motifs is 2. The maximum absolute atomic E-state index is 11.6. The van der Waals surface area contributed by atoms with Gasteiger partial charge in [0.1, 0.15) is 11.5 Å². The van der Waals surface area contributed by atoms with E-state index in [0.29, 0.717) is 12.5 Å². The van der Waals surface area contributed by atoms with Gasteiger partial charge in [0.2, 0.25) is 0 Å². The molecule has 6 nitrogen and oxygen atoms in total. The molecular formula is C26H28O6. The van der Waals surface area contributed by atoms with E-state index in [0.717, 1.165) is 50.4 Å². The molecule has 2 aliphatic heterocycles. The minimum atomic E-state index is -0.670. The van der Waals surface area contributed by atoms with Gasteiger partial charge in [-0.15, -0.1) is 0 Å². The summed E-state index contributed by atoms with van der Waals surface area (Å²) in [5.74, 6) is 1.70. The fourth-order valence-corrected chi connectivity index (χ4v) is 5.05. The summed E-state index contributed by atoms with van der Waals surface area (Å²) in [6, 6.07) is 12.1. The van der Waals surface area contributed by atoms with Crippen molar-refractivity contribution in [2.45, 2.75) is 44.4 Å². The first kappa shape index (κ1) is 20.9. The standard InChI is InChI=1S/C14H16O3.C12H12O3/c1-2-16-14(15)12-8-11(12)9-4-3-5-13-10(9)6-7-17-13;13-12(14)10-6-9(10)7-2-1-3-11-8(7)4-5-15-11/h3-5,11-12H,2,6-8H2,1H3;1-3,9-10H,4-6H2,(H,13,14)/t11-,12?;9-,10?/m11/s1. The monoisotopic (exact) mass is 436 g/mol. The fourth-order valence-electron chi connectivity index (χ4n) is 5.05. The molecule has 0 saturated heterocycles. The average Bonchev–Trinajstić information content (AvgIpc) is 3.66. The molecule has 2 unspecified atom stereocenters. The van der Waals surface area contributed by atoms with E-state index in [-0.39, 0.29) is 23.7 Å². The number of ether oxygens (including phenoxy) is 3. The molecule has 2 aromatic carbocycles. The van der Waals surface area contributed by atoms with Gasteiger partial charge >= 0.3 is 11.9 Å². The van der Waals surface area contributed by atoms with Crippen LogP contribution in [0.25, 0.3) is 0 Å². The molecule has 0 amide bonds. The maximum Gasteiger partial charge on any atom is 0.309 e. The molecule has 0 aromatic heterocycles. The number of aliphatic carboxylic acids is 1. The topological polar surface area (TPSA) is 82.1 Å². The molecule has 32 heavy (non-hydrogen) atoms. The Morgan fingerprint density at radius 2 is 1.44 bits per heavy atom. The number of esters is 1. The second-order valence-electron chi connectivity index (χ2n) is 8.83. The summed E-state index contributed by atoms with van der Waals surface area (Å²) in [6.45, 7) is 3.82. The highest BCUT2D eigenvalue weighted by Crippen LogP contribution is 2.51. The first-order valence-corrected chi connectivity index (χ1v) is 11.5. The van der Waals surface area contributed by atoms with Crippen LogP contribution in [-0.2, 0) is 27.2 Å². The van der Waals surface area contributed by atoms with E-state index in [1.165, 1.54) is 22.3 Å². The van der Waals surface area contributed by atoms with E-state index < -0.39 is 5.97 Å². The summed E-state index contributed by atoms with van der Waals surface area (Å²) >= 11 is 0. The lowest BCUT2D eigenvalue weighted by Crippen LogP contribution is -2.07. The smallest absolute Gasteiger partial charge is 0.309 e. The van der Waals surface area contributed by atoms with Crippen LogP contribution in [-0.4, -0.2) is 36.9 Å². The van der Waals surface area contributed by atoms with Gasteiger partial charge in [0.25, 0.3) is 0 Å². The van der Waals surface area contributed by atoms with Crippen molar-refractivity contribution in [3.05, 3.63) is 58.7 Å². The van der Waals surface area contributed by atoms with Crippen molar-refractivity contribution >= 4 is 11.9 Å². The summed E-state index contributed by atoms with van der Waals surface area (Å²) in [5.41, 5.74) is 5.01. The van der Waals surface area contributed by atoms with Crippen LogP contribution >= 0.6 is 0 Å². The second-order valence-corrected chi connectivity index (χ2v) is 8.83. The van der Waals surface area contributed by atoms with Gasteiger partial charge in [-0.1, -0.05) is 24.3 Å². The van der Waals surface area contributed by atoms with Gasteiger partial charge in [-0.25, -0.2) is 0 Å². The molecule has 2 fully saturated rings. The van der Waals surface area contributed by atoms with Gasteiger partial charge in [-0.05, 0) is 54.9 Å².